The Morgan fingerprint density at radius 3 is 2.64 bits per heavy atom. The van der Waals surface area contributed by atoms with E-state index in [0.717, 1.165) is 40.1 Å². The van der Waals surface area contributed by atoms with E-state index in [1.54, 1.807) is 29.0 Å². The average molecular weight is 396 g/mol. The number of nitrogens with one attached hydrogen (secondary N) is 1. The molecule has 0 saturated carbocycles. The molecule has 0 aliphatic heterocycles. The first-order valence-corrected chi connectivity index (χ1v) is 10.6. The van der Waals surface area contributed by atoms with Gasteiger partial charge in [0.15, 0.2) is 5.65 Å². The van der Waals surface area contributed by atoms with Crippen LogP contribution in [0.1, 0.15) is 17.0 Å². The van der Waals surface area contributed by atoms with Crippen molar-refractivity contribution in [2.24, 2.45) is 0 Å². The Balaban J connectivity index is 1.89. The number of hydrogen-bond acceptors (Lipinski definition) is 5. The maximum absolute atomic E-state index is 11.6. The quantitative estimate of drug-likeness (QED) is 0.572. The van der Waals surface area contributed by atoms with Gasteiger partial charge in [-0.3, -0.25) is 9.29 Å². The predicted octanol–water partition coefficient (Wildman–Crippen LogP) is 2.88. The number of aromatic nitrogens is 5. The van der Waals surface area contributed by atoms with Crippen molar-refractivity contribution in [3.63, 3.8) is 0 Å². The molecule has 0 aliphatic rings. The second kappa shape index (κ2) is 6.45. The largest absolute Gasteiger partial charge is 0.299 e. The van der Waals surface area contributed by atoms with E-state index < -0.39 is 10.0 Å². The molecule has 8 nitrogen and oxygen atoms in total. The zero-order valence-electron chi connectivity index (χ0n) is 16.0. The second-order valence-corrected chi connectivity index (χ2v) is 8.58. The van der Waals surface area contributed by atoms with Crippen LogP contribution in [0.5, 0.6) is 0 Å². The lowest BCUT2D eigenvalue weighted by Crippen LogP contribution is -2.10. The van der Waals surface area contributed by atoms with Crippen LogP contribution in [0.15, 0.2) is 42.9 Å². The molecule has 0 radical (unpaired) electrons. The minimum atomic E-state index is -3.37. The summed E-state index contributed by atoms with van der Waals surface area (Å²) in [7, 11) is -3.37. The number of hydrogen-bond donors (Lipinski definition) is 1. The Morgan fingerprint density at radius 1 is 1.11 bits per heavy atom. The SMILES string of the molecule is Cc1cc(C)n2ncc(-c3nccn3-c3cc(NS(C)(=O)=O)ccc3C)c2n1. The van der Waals surface area contributed by atoms with E-state index in [4.69, 9.17) is 0 Å². The molecule has 0 atom stereocenters. The van der Waals surface area contributed by atoms with Crippen LogP contribution in [0.3, 0.4) is 0 Å². The molecular formula is C19H20N6O2S. The number of anilines is 1. The van der Waals surface area contributed by atoms with Gasteiger partial charge in [0.2, 0.25) is 10.0 Å². The lowest BCUT2D eigenvalue weighted by atomic mass is 10.1. The third-order valence-electron chi connectivity index (χ3n) is 4.43. The molecule has 9 heteroatoms. The number of nitrogens with zero attached hydrogens (tertiary/aromatic N) is 5. The van der Waals surface area contributed by atoms with Crippen LogP contribution in [-0.4, -0.2) is 38.8 Å². The fraction of sp³-hybridized carbons (Fsp3) is 0.211. The highest BCUT2D eigenvalue weighted by atomic mass is 32.2. The minimum Gasteiger partial charge on any atom is -0.299 e. The molecule has 28 heavy (non-hydrogen) atoms. The van der Waals surface area contributed by atoms with Gasteiger partial charge in [-0.1, -0.05) is 6.07 Å². The lowest BCUT2D eigenvalue weighted by molar-refractivity contribution is 0.607. The zero-order valence-corrected chi connectivity index (χ0v) is 16.8. The van der Waals surface area contributed by atoms with Crippen molar-refractivity contribution < 1.29 is 8.42 Å². The van der Waals surface area contributed by atoms with Crippen molar-refractivity contribution in [3.05, 3.63) is 59.8 Å². The monoisotopic (exact) mass is 396 g/mol. The topological polar surface area (TPSA) is 94.2 Å². The first kappa shape index (κ1) is 18.2. The van der Waals surface area contributed by atoms with E-state index in [9.17, 15) is 8.42 Å². The van der Waals surface area contributed by atoms with Crippen LogP contribution in [0.25, 0.3) is 22.7 Å². The van der Waals surface area contributed by atoms with Gasteiger partial charge in [-0.25, -0.2) is 22.9 Å². The third-order valence-corrected chi connectivity index (χ3v) is 5.04. The van der Waals surface area contributed by atoms with Crippen LogP contribution in [0.4, 0.5) is 5.69 Å². The average Bonchev–Trinajstić information content (AvgIpc) is 3.21. The number of sulfonamides is 1. The number of fused-ring (bicyclic) bond motifs is 1. The van der Waals surface area contributed by atoms with Crippen molar-refractivity contribution in [1.82, 2.24) is 24.1 Å². The van der Waals surface area contributed by atoms with Crippen LogP contribution >= 0.6 is 0 Å². The first-order chi connectivity index (χ1) is 13.2. The van der Waals surface area contributed by atoms with Crippen molar-refractivity contribution in [1.29, 1.82) is 0 Å². The molecule has 3 heterocycles. The summed E-state index contributed by atoms with van der Waals surface area (Å²) in [5, 5.41) is 4.45. The van der Waals surface area contributed by atoms with Crippen LogP contribution < -0.4 is 4.72 Å². The van der Waals surface area contributed by atoms with Crippen molar-refractivity contribution in [2.75, 3.05) is 11.0 Å². The molecule has 0 unspecified atom stereocenters. The molecule has 0 spiro atoms. The molecule has 0 aliphatic carbocycles. The Kier molecular flexibility index (Phi) is 4.19. The Hall–Kier alpha value is -3.20. The van der Waals surface area contributed by atoms with Gasteiger partial charge in [0.1, 0.15) is 5.82 Å². The number of benzene rings is 1. The van der Waals surface area contributed by atoms with Gasteiger partial charge >= 0.3 is 0 Å². The van der Waals surface area contributed by atoms with E-state index in [-0.39, 0.29) is 0 Å². The van der Waals surface area contributed by atoms with E-state index >= 15 is 0 Å². The summed E-state index contributed by atoms with van der Waals surface area (Å²) < 4.78 is 29.4. The van der Waals surface area contributed by atoms with Gasteiger partial charge in [-0.2, -0.15) is 5.10 Å². The summed E-state index contributed by atoms with van der Waals surface area (Å²) in [5.74, 6) is 0.687. The van der Waals surface area contributed by atoms with Gasteiger partial charge < -0.3 is 0 Å². The molecule has 4 aromatic rings. The molecule has 0 fully saturated rings. The van der Waals surface area contributed by atoms with Gasteiger partial charge in [0.25, 0.3) is 0 Å². The number of rotatable bonds is 4. The van der Waals surface area contributed by atoms with Gasteiger partial charge in [0, 0.05) is 23.8 Å². The summed E-state index contributed by atoms with van der Waals surface area (Å²) in [6.45, 7) is 5.89. The fourth-order valence-corrected chi connectivity index (χ4v) is 3.83. The fourth-order valence-electron chi connectivity index (χ4n) is 3.27. The summed E-state index contributed by atoms with van der Waals surface area (Å²) in [6.07, 6.45) is 6.43. The van der Waals surface area contributed by atoms with Crippen LogP contribution in [0, 0.1) is 20.8 Å². The minimum absolute atomic E-state index is 0.493. The predicted molar refractivity (Wildman–Crippen MR) is 108 cm³/mol. The molecule has 0 amide bonds. The van der Waals surface area contributed by atoms with Gasteiger partial charge in [-0.05, 0) is 44.5 Å². The maximum atomic E-state index is 11.6. The van der Waals surface area contributed by atoms with E-state index in [2.05, 4.69) is 19.8 Å². The summed E-state index contributed by atoms with van der Waals surface area (Å²) in [4.78, 5) is 9.15. The highest BCUT2D eigenvalue weighted by molar-refractivity contribution is 7.92. The summed E-state index contributed by atoms with van der Waals surface area (Å²) in [5.41, 5.74) is 5.72. The van der Waals surface area contributed by atoms with E-state index in [0.29, 0.717) is 11.5 Å². The lowest BCUT2D eigenvalue weighted by Gasteiger charge is -2.13. The van der Waals surface area contributed by atoms with Gasteiger partial charge in [-0.15, -0.1) is 0 Å². The molecule has 3 aromatic heterocycles. The Bertz CT molecular complexity index is 1300. The third kappa shape index (κ3) is 3.24. The van der Waals surface area contributed by atoms with E-state index in [1.165, 1.54) is 0 Å². The molecule has 0 saturated heterocycles. The second-order valence-electron chi connectivity index (χ2n) is 6.83. The van der Waals surface area contributed by atoms with E-state index in [1.807, 2.05) is 43.7 Å². The highest BCUT2D eigenvalue weighted by Gasteiger charge is 2.17. The number of aryl methyl sites for hydroxylation is 3. The molecule has 4 rings (SSSR count). The van der Waals surface area contributed by atoms with Crippen molar-refractivity contribution in [3.8, 4) is 17.1 Å². The highest BCUT2D eigenvalue weighted by Crippen LogP contribution is 2.28. The van der Waals surface area contributed by atoms with Crippen molar-refractivity contribution in [2.45, 2.75) is 20.8 Å². The normalized spacial score (nSPS) is 11.9. The van der Waals surface area contributed by atoms with Crippen molar-refractivity contribution >= 4 is 21.4 Å². The summed E-state index contributed by atoms with van der Waals surface area (Å²) in [6, 6.07) is 7.37. The van der Waals surface area contributed by atoms with Crippen LogP contribution in [-0.2, 0) is 10.0 Å². The molecule has 0 bridgehead atoms. The Morgan fingerprint density at radius 2 is 1.89 bits per heavy atom. The zero-order chi connectivity index (χ0) is 20.1. The molecule has 144 valence electrons. The van der Waals surface area contributed by atoms with Gasteiger partial charge in [0.05, 0.1) is 29.4 Å². The molecule has 1 aromatic carbocycles. The Labute approximate surface area is 162 Å². The standard InChI is InChI=1S/C19H20N6O2S/c1-12-5-6-15(23-28(4,26)27)10-17(12)24-8-7-20-18(24)16-11-21-25-14(3)9-13(2)22-19(16)25/h5-11,23H,1-4H3. The molecular weight excluding hydrogens is 376 g/mol. The number of imidazole rings is 1. The summed E-state index contributed by atoms with van der Waals surface area (Å²) >= 11 is 0. The molecule has 1 N–H and O–H groups in total. The smallest absolute Gasteiger partial charge is 0.229 e. The van der Waals surface area contributed by atoms with Crippen LogP contribution in [0.2, 0.25) is 0 Å². The maximum Gasteiger partial charge on any atom is 0.229 e. The first-order valence-electron chi connectivity index (χ1n) is 8.67.